The standard InChI is InChI=1S/C15H13BrFN3/c16-11-3-1-2-10(8-11)14-9-19-15(18)20(14)13-6-4-12(17)5-7-13/h1-8,14H,9H2,(H2,18,19). The number of nitrogens with two attached hydrogens (primary N) is 1. The highest BCUT2D eigenvalue weighted by molar-refractivity contribution is 9.10. The first-order valence-corrected chi connectivity index (χ1v) is 7.04. The lowest BCUT2D eigenvalue weighted by atomic mass is 10.1. The predicted molar refractivity (Wildman–Crippen MR) is 82.3 cm³/mol. The van der Waals surface area contributed by atoms with Crippen molar-refractivity contribution in [1.82, 2.24) is 0 Å². The number of anilines is 1. The van der Waals surface area contributed by atoms with Crippen LogP contribution in [-0.2, 0) is 0 Å². The molecule has 2 N–H and O–H groups in total. The number of rotatable bonds is 2. The molecular weight excluding hydrogens is 321 g/mol. The maximum absolute atomic E-state index is 13.1. The summed E-state index contributed by atoms with van der Waals surface area (Å²) < 4.78 is 14.1. The number of nitrogens with zero attached hydrogens (tertiary/aromatic N) is 2. The lowest BCUT2D eigenvalue weighted by Gasteiger charge is -2.26. The Morgan fingerprint density at radius 3 is 2.65 bits per heavy atom. The molecule has 102 valence electrons. The fourth-order valence-electron chi connectivity index (χ4n) is 2.38. The molecule has 0 amide bonds. The molecule has 0 aliphatic carbocycles. The SMILES string of the molecule is NC1=NCC(c2cccc(Br)c2)N1c1ccc(F)cc1. The van der Waals surface area contributed by atoms with Crippen molar-refractivity contribution in [2.24, 2.45) is 10.7 Å². The Kier molecular flexibility index (Phi) is 3.44. The summed E-state index contributed by atoms with van der Waals surface area (Å²) in [4.78, 5) is 6.25. The molecule has 2 aromatic rings. The van der Waals surface area contributed by atoms with Gasteiger partial charge in [0.05, 0.1) is 12.6 Å². The topological polar surface area (TPSA) is 41.6 Å². The van der Waals surface area contributed by atoms with Gasteiger partial charge in [-0.3, -0.25) is 4.99 Å². The van der Waals surface area contributed by atoms with Crippen molar-refractivity contribution in [3.63, 3.8) is 0 Å². The van der Waals surface area contributed by atoms with E-state index in [0.29, 0.717) is 12.5 Å². The molecule has 1 atom stereocenters. The molecule has 0 bridgehead atoms. The molecule has 3 rings (SSSR count). The van der Waals surface area contributed by atoms with Gasteiger partial charge in [-0.15, -0.1) is 0 Å². The quantitative estimate of drug-likeness (QED) is 0.914. The van der Waals surface area contributed by atoms with Gasteiger partial charge in [0.1, 0.15) is 5.82 Å². The third-order valence-corrected chi connectivity index (χ3v) is 3.82. The number of guanidine groups is 1. The van der Waals surface area contributed by atoms with E-state index in [2.05, 4.69) is 27.0 Å². The second-order valence-corrected chi connectivity index (χ2v) is 5.53. The average Bonchev–Trinajstić information content (AvgIpc) is 2.82. The number of aliphatic imine (C=N–C) groups is 1. The van der Waals surface area contributed by atoms with E-state index < -0.39 is 0 Å². The van der Waals surface area contributed by atoms with Gasteiger partial charge in [-0.2, -0.15) is 0 Å². The lowest BCUT2D eigenvalue weighted by Crippen LogP contribution is -2.36. The highest BCUT2D eigenvalue weighted by Crippen LogP contribution is 2.32. The van der Waals surface area contributed by atoms with Crippen molar-refractivity contribution in [3.05, 3.63) is 64.4 Å². The summed E-state index contributed by atoms with van der Waals surface area (Å²) in [6.07, 6.45) is 0. The molecule has 20 heavy (non-hydrogen) atoms. The summed E-state index contributed by atoms with van der Waals surface area (Å²) in [7, 11) is 0. The molecule has 5 heteroatoms. The number of hydrogen-bond acceptors (Lipinski definition) is 3. The lowest BCUT2D eigenvalue weighted by molar-refractivity contribution is 0.627. The molecule has 1 aliphatic rings. The van der Waals surface area contributed by atoms with E-state index in [-0.39, 0.29) is 11.9 Å². The molecule has 2 aromatic carbocycles. The summed E-state index contributed by atoms with van der Waals surface area (Å²) >= 11 is 3.47. The Balaban J connectivity index is 1.98. The van der Waals surface area contributed by atoms with E-state index in [4.69, 9.17) is 5.73 Å². The smallest absolute Gasteiger partial charge is 0.196 e. The first kappa shape index (κ1) is 13.1. The molecule has 1 aliphatic heterocycles. The summed E-state index contributed by atoms with van der Waals surface area (Å²) in [6, 6.07) is 14.4. The summed E-state index contributed by atoms with van der Waals surface area (Å²) in [6.45, 7) is 0.597. The van der Waals surface area contributed by atoms with E-state index >= 15 is 0 Å². The van der Waals surface area contributed by atoms with E-state index in [1.165, 1.54) is 12.1 Å². The van der Waals surface area contributed by atoms with Gasteiger partial charge in [0.25, 0.3) is 0 Å². The molecule has 1 unspecified atom stereocenters. The van der Waals surface area contributed by atoms with Crippen LogP contribution in [0.2, 0.25) is 0 Å². The third-order valence-electron chi connectivity index (χ3n) is 3.32. The second kappa shape index (κ2) is 5.25. The molecular formula is C15H13BrFN3. The van der Waals surface area contributed by atoms with Crippen molar-refractivity contribution >= 4 is 27.6 Å². The van der Waals surface area contributed by atoms with Crippen molar-refractivity contribution < 1.29 is 4.39 Å². The second-order valence-electron chi connectivity index (χ2n) is 4.62. The van der Waals surface area contributed by atoms with Crippen LogP contribution in [0, 0.1) is 5.82 Å². The maximum Gasteiger partial charge on any atom is 0.196 e. The normalized spacial score (nSPS) is 18.2. The number of hydrogen-bond donors (Lipinski definition) is 1. The molecule has 0 saturated carbocycles. The minimum atomic E-state index is -0.262. The zero-order valence-electron chi connectivity index (χ0n) is 10.6. The Bertz CT molecular complexity index is 654. The van der Waals surface area contributed by atoms with E-state index in [0.717, 1.165) is 15.7 Å². The summed E-state index contributed by atoms with van der Waals surface area (Å²) in [5.74, 6) is 0.198. The van der Waals surface area contributed by atoms with Gasteiger partial charge in [0, 0.05) is 10.2 Å². The molecule has 0 radical (unpaired) electrons. The molecule has 0 aromatic heterocycles. The first-order chi connectivity index (χ1) is 9.65. The van der Waals surface area contributed by atoms with Crippen molar-refractivity contribution in [3.8, 4) is 0 Å². The maximum atomic E-state index is 13.1. The third kappa shape index (κ3) is 2.41. The van der Waals surface area contributed by atoms with E-state index in [9.17, 15) is 4.39 Å². The van der Waals surface area contributed by atoms with Gasteiger partial charge in [0.2, 0.25) is 0 Å². The fourth-order valence-corrected chi connectivity index (χ4v) is 2.80. The van der Waals surface area contributed by atoms with Crippen molar-refractivity contribution in [2.45, 2.75) is 6.04 Å². The minimum absolute atomic E-state index is 0.0398. The van der Waals surface area contributed by atoms with Crippen LogP contribution in [0.3, 0.4) is 0 Å². The molecule has 1 heterocycles. The highest BCUT2D eigenvalue weighted by atomic mass is 79.9. The highest BCUT2D eigenvalue weighted by Gasteiger charge is 2.28. The predicted octanol–water partition coefficient (Wildman–Crippen LogP) is 3.46. The first-order valence-electron chi connectivity index (χ1n) is 6.25. The van der Waals surface area contributed by atoms with Gasteiger partial charge in [0.15, 0.2) is 5.96 Å². The molecule has 0 saturated heterocycles. The fraction of sp³-hybridized carbons (Fsp3) is 0.133. The van der Waals surface area contributed by atoms with Crippen LogP contribution in [0.5, 0.6) is 0 Å². The van der Waals surface area contributed by atoms with Gasteiger partial charge >= 0.3 is 0 Å². The van der Waals surface area contributed by atoms with E-state index in [1.54, 1.807) is 12.1 Å². The Morgan fingerprint density at radius 2 is 1.95 bits per heavy atom. The van der Waals surface area contributed by atoms with Gasteiger partial charge in [-0.05, 0) is 42.0 Å². The van der Waals surface area contributed by atoms with Gasteiger partial charge < -0.3 is 10.6 Å². The number of benzene rings is 2. The van der Waals surface area contributed by atoms with Gasteiger partial charge in [-0.25, -0.2) is 4.39 Å². The Labute approximate surface area is 125 Å². The Morgan fingerprint density at radius 1 is 1.20 bits per heavy atom. The monoisotopic (exact) mass is 333 g/mol. The van der Waals surface area contributed by atoms with Crippen LogP contribution in [0.4, 0.5) is 10.1 Å². The van der Waals surface area contributed by atoms with E-state index in [1.807, 2.05) is 23.1 Å². The zero-order valence-corrected chi connectivity index (χ0v) is 12.2. The average molecular weight is 334 g/mol. The molecule has 0 fully saturated rings. The largest absolute Gasteiger partial charge is 0.369 e. The van der Waals surface area contributed by atoms with Crippen LogP contribution in [0.25, 0.3) is 0 Å². The van der Waals surface area contributed by atoms with Crippen LogP contribution in [0.1, 0.15) is 11.6 Å². The summed E-state index contributed by atoms with van der Waals surface area (Å²) in [5.41, 5.74) is 7.95. The Hall–Kier alpha value is -1.88. The van der Waals surface area contributed by atoms with Crippen LogP contribution in [0.15, 0.2) is 58.0 Å². The van der Waals surface area contributed by atoms with Crippen LogP contribution in [-0.4, -0.2) is 12.5 Å². The van der Waals surface area contributed by atoms with Crippen molar-refractivity contribution in [2.75, 3.05) is 11.4 Å². The zero-order chi connectivity index (χ0) is 14.1. The molecule has 3 nitrogen and oxygen atoms in total. The van der Waals surface area contributed by atoms with Gasteiger partial charge in [-0.1, -0.05) is 28.1 Å². The molecule has 0 spiro atoms. The summed E-state index contributed by atoms with van der Waals surface area (Å²) in [5, 5.41) is 0. The number of halogens is 2. The van der Waals surface area contributed by atoms with Crippen molar-refractivity contribution in [1.29, 1.82) is 0 Å². The van der Waals surface area contributed by atoms with Crippen LogP contribution < -0.4 is 10.6 Å². The minimum Gasteiger partial charge on any atom is -0.369 e. The van der Waals surface area contributed by atoms with Crippen LogP contribution >= 0.6 is 15.9 Å².